The molecule has 0 aromatic heterocycles. The number of oxime groups is 1. The lowest BCUT2D eigenvalue weighted by Crippen LogP contribution is -2.36. The lowest BCUT2D eigenvalue weighted by molar-refractivity contribution is 0.316. The van der Waals surface area contributed by atoms with Gasteiger partial charge in [0.05, 0.1) is 0 Å². The van der Waals surface area contributed by atoms with E-state index in [1.54, 1.807) is 0 Å². The summed E-state index contributed by atoms with van der Waals surface area (Å²) in [5, 5.41) is 15.5. The molecule has 2 atom stereocenters. The molecule has 0 spiro atoms. The molecular weight excluding hydrogens is 198 g/mol. The second-order valence-corrected chi connectivity index (χ2v) is 4.68. The van der Waals surface area contributed by atoms with E-state index >= 15 is 0 Å². The molecule has 1 aliphatic carbocycles. The Morgan fingerprint density at radius 3 is 3.07 bits per heavy atom. The molecule has 0 aliphatic heterocycles. The van der Waals surface area contributed by atoms with Crippen LogP contribution in [0.5, 0.6) is 0 Å². The van der Waals surface area contributed by atoms with Gasteiger partial charge in [0.15, 0.2) is 0 Å². The van der Waals surface area contributed by atoms with Crippen molar-refractivity contribution in [2.75, 3.05) is 12.8 Å². The van der Waals surface area contributed by atoms with Gasteiger partial charge in [-0.25, -0.2) is 0 Å². The smallest absolute Gasteiger partial charge is 0.140 e. The van der Waals surface area contributed by atoms with E-state index in [9.17, 15) is 0 Å². The van der Waals surface area contributed by atoms with Crippen LogP contribution in [0.1, 0.15) is 25.7 Å². The Morgan fingerprint density at radius 1 is 1.64 bits per heavy atom. The lowest BCUT2D eigenvalue weighted by atomic mass is 10.2. The maximum Gasteiger partial charge on any atom is 0.140 e. The summed E-state index contributed by atoms with van der Waals surface area (Å²) in [4.78, 5) is 0. The van der Waals surface area contributed by atoms with E-state index in [2.05, 4.69) is 16.7 Å². The normalized spacial score (nSPS) is 28.2. The van der Waals surface area contributed by atoms with E-state index in [1.165, 1.54) is 19.3 Å². The standard InChI is InChI=1S/C9H19N3OS/c1-14-8-4-2-3-7(8)11-6-5-9(10)12-13/h7-8,11,13H,2-6H2,1H3,(H2,10,12). The van der Waals surface area contributed by atoms with Gasteiger partial charge in [-0.15, -0.1) is 0 Å². The summed E-state index contributed by atoms with van der Waals surface area (Å²) in [5.41, 5.74) is 5.38. The van der Waals surface area contributed by atoms with Crippen LogP contribution in [-0.4, -0.2) is 35.1 Å². The van der Waals surface area contributed by atoms with Crippen LogP contribution in [0.3, 0.4) is 0 Å². The van der Waals surface area contributed by atoms with E-state index in [4.69, 9.17) is 10.9 Å². The fraction of sp³-hybridized carbons (Fsp3) is 0.889. The Bertz CT molecular complexity index is 198. The highest BCUT2D eigenvalue weighted by atomic mass is 32.2. The zero-order chi connectivity index (χ0) is 10.4. The van der Waals surface area contributed by atoms with Crippen LogP contribution in [-0.2, 0) is 0 Å². The Hall–Kier alpha value is -0.420. The molecule has 14 heavy (non-hydrogen) atoms. The average Bonchev–Trinajstić information content (AvgIpc) is 2.65. The van der Waals surface area contributed by atoms with Crippen LogP contribution >= 0.6 is 11.8 Å². The van der Waals surface area contributed by atoms with Crippen molar-refractivity contribution in [2.45, 2.75) is 37.0 Å². The fourth-order valence-corrected chi connectivity index (χ4v) is 2.84. The fourth-order valence-electron chi connectivity index (χ4n) is 1.88. The monoisotopic (exact) mass is 217 g/mol. The third kappa shape index (κ3) is 3.38. The summed E-state index contributed by atoms with van der Waals surface area (Å²) in [5.74, 6) is 0.302. The van der Waals surface area contributed by atoms with E-state index in [1.807, 2.05) is 11.8 Å². The van der Waals surface area contributed by atoms with Crippen molar-refractivity contribution in [1.29, 1.82) is 0 Å². The highest BCUT2D eigenvalue weighted by Gasteiger charge is 2.25. The summed E-state index contributed by atoms with van der Waals surface area (Å²) >= 11 is 1.93. The van der Waals surface area contributed by atoms with Crippen LogP contribution in [0.25, 0.3) is 0 Å². The predicted molar refractivity (Wildman–Crippen MR) is 61.0 cm³/mol. The molecule has 82 valence electrons. The number of nitrogens with two attached hydrogens (primary N) is 1. The molecule has 0 amide bonds. The second kappa shape index (κ2) is 6.14. The number of amidine groups is 1. The molecule has 4 N–H and O–H groups in total. The highest BCUT2D eigenvalue weighted by molar-refractivity contribution is 7.99. The molecule has 4 nitrogen and oxygen atoms in total. The topological polar surface area (TPSA) is 70.6 Å². The first-order valence-corrected chi connectivity index (χ1v) is 6.29. The molecule has 1 aliphatic rings. The van der Waals surface area contributed by atoms with E-state index in [0.717, 1.165) is 11.8 Å². The largest absolute Gasteiger partial charge is 0.409 e. The molecule has 0 saturated heterocycles. The van der Waals surface area contributed by atoms with Gasteiger partial charge in [0.1, 0.15) is 5.84 Å². The quantitative estimate of drug-likeness (QED) is 0.278. The number of nitrogens with one attached hydrogen (secondary N) is 1. The Morgan fingerprint density at radius 2 is 2.43 bits per heavy atom. The van der Waals surface area contributed by atoms with Gasteiger partial charge in [-0.05, 0) is 19.1 Å². The van der Waals surface area contributed by atoms with Crippen molar-refractivity contribution < 1.29 is 5.21 Å². The van der Waals surface area contributed by atoms with Crippen molar-refractivity contribution in [3.8, 4) is 0 Å². The molecule has 5 heteroatoms. The molecule has 0 heterocycles. The lowest BCUT2D eigenvalue weighted by Gasteiger charge is -2.18. The maximum atomic E-state index is 8.36. The third-order valence-electron chi connectivity index (χ3n) is 2.67. The van der Waals surface area contributed by atoms with Crippen molar-refractivity contribution in [2.24, 2.45) is 10.9 Å². The van der Waals surface area contributed by atoms with Crippen molar-refractivity contribution in [1.82, 2.24) is 5.32 Å². The summed E-state index contributed by atoms with van der Waals surface area (Å²) in [7, 11) is 0. The first kappa shape index (κ1) is 11.7. The number of hydrogen-bond acceptors (Lipinski definition) is 4. The molecule has 0 aromatic rings. The van der Waals surface area contributed by atoms with Gasteiger partial charge in [-0.1, -0.05) is 11.6 Å². The van der Waals surface area contributed by atoms with Gasteiger partial charge in [0.2, 0.25) is 0 Å². The summed E-state index contributed by atoms with van der Waals surface area (Å²) < 4.78 is 0. The van der Waals surface area contributed by atoms with Crippen LogP contribution in [0, 0.1) is 0 Å². The van der Waals surface area contributed by atoms with E-state index in [0.29, 0.717) is 18.3 Å². The number of hydrogen-bond donors (Lipinski definition) is 3. The van der Waals surface area contributed by atoms with Crippen LogP contribution < -0.4 is 11.1 Å². The van der Waals surface area contributed by atoms with Crippen molar-refractivity contribution in [3.05, 3.63) is 0 Å². The third-order valence-corrected chi connectivity index (χ3v) is 3.84. The van der Waals surface area contributed by atoms with Gasteiger partial charge in [-0.3, -0.25) is 0 Å². The molecule has 1 rings (SSSR count). The number of thioether (sulfide) groups is 1. The number of rotatable bonds is 5. The van der Waals surface area contributed by atoms with Crippen molar-refractivity contribution >= 4 is 17.6 Å². The van der Waals surface area contributed by atoms with Crippen LogP contribution in [0.15, 0.2) is 5.16 Å². The maximum absolute atomic E-state index is 8.36. The second-order valence-electron chi connectivity index (χ2n) is 3.61. The predicted octanol–water partition coefficient (Wildman–Crippen LogP) is 0.997. The molecule has 0 bridgehead atoms. The van der Waals surface area contributed by atoms with E-state index < -0.39 is 0 Å². The minimum absolute atomic E-state index is 0.302. The summed E-state index contributed by atoms with van der Waals surface area (Å²) in [6.45, 7) is 0.803. The van der Waals surface area contributed by atoms with Gasteiger partial charge in [0.25, 0.3) is 0 Å². The molecule has 1 saturated carbocycles. The molecule has 0 radical (unpaired) electrons. The van der Waals surface area contributed by atoms with Crippen LogP contribution in [0.4, 0.5) is 0 Å². The molecule has 1 fully saturated rings. The first-order chi connectivity index (χ1) is 6.77. The average molecular weight is 217 g/mol. The van der Waals surface area contributed by atoms with Gasteiger partial charge in [0, 0.05) is 24.3 Å². The van der Waals surface area contributed by atoms with Gasteiger partial charge in [-0.2, -0.15) is 11.8 Å². The Balaban J connectivity index is 2.17. The van der Waals surface area contributed by atoms with Crippen LogP contribution in [0.2, 0.25) is 0 Å². The zero-order valence-corrected chi connectivity index (χ0v) is 9.39. The molecule has 0 aromatic carbocycles. The zero-order valence-electron chi connectivity index (χ0n) is 8.57. The SMILES string of the molecule is CSC1CCCC1NCCC(N)=NO. The minimum Gasteiger partial charge on any atom is -0.409 e. The molecule has 2 unspecified atom stereocenters. The summed E-state index contributed by atoms with van der Waals surface area (Å²) in [6, 6.07) is 0.608. The summed E-state index contributed by atoms with van der Waals surface area (Å²) in [6.07, 6.45) is 6.65. The number of nitrogens with zero attached hydrogens (tertiary/aromatic N) is 1. The highest BCUT2D eigenvalue weighted by Crippen LogP contribution is 2.28. The Labute approximate surface area is 89.3 Å². The Kier molecular flexibility index (Phi) is 5.11. The van der Waals surface area contributed by atoms with Gasteiger partial charge < -0.3 is 16.3 Å². The van der Waals surface area contributed by atoms with Crippen molar-refractivity contribution in [3.63, 3.8) is 0 Å². The van der Waals surface area contributed by atoms with E-state index in [-0.39, 0.29) is 0 Å². The molecular formula is C9H19N3OS. The minimum atomic E-state index is 0.302. The van der Waals surface area contributed by atoms with Gasteiger partial charge >= 0.3 is 0 Å². The first-order valence-electron chi connectivity index (χ1n) is 5.00.